The Morgan fingerprint density at radius 1 is 1.26 bits per heavy atom. The minimum absolute atomic E-state index is 0.301. The van der Waals surface area contributed by atoms with Crippen molar-refractivity contribution in [3.63, 3.8) is 0 Å². The number of benzene rings is 1. The fraction of sp³-hybridized carbons (Fsp3) is 0.308. The summed E-state index contributed by atoms with van der Waals surface area (Å²) in [6, 6.07) is 8.47. The molecular formula is C13H13F3N2S. The Morgan fingerprint density at radius 3 is 2.47 bits per heavy atom. The maximum absolute atomic E-state index is 12.5. The molecule has 102 valence electrons. The molecule has 1 heterocycles. The number of H-pyrrole nitrogens is 1. The van der Waals surface area contributed by atoms with Crippen LogP contribution in [0.4, 0.5) is 13.2 Å². The summed E-state index contributed by atoms with van der Waals surface area (Å²) in [5.74, 6) is 0. The van der Waals surface area contributed by atoms with Crippen LogP contribution in [0.15, 0.2) is 36.5 Å². The highest BCUT2D eigenvalue weighted by Gasteiger charge is 2.31. The van der Waals surface area contributed by atoms with Gasteiger partial charge < -0.3 is 9.55 Å². The SMILES string of the molecule is CC(CC(F)(F)F)n1c(-c2ccccc2)c[nH]c1=S. The molecule has 2 aromatic rings. The summed E-state index contributed by atoms with van der Waals surface area (Å²) in [5, 5.41) is 0. The van der Waals surface area contributed by atoms with Crippen LogP contribution in [0, 0.1) is 4.77 Å². The average molecular weight is 286 g/mol. The van der Waals surface area contributed by atoms with Crippen molar-refractivity contribution in [2.45, 2.75) is 25.6 Å². The standard InChI is InChI=1S/C13H13F3N2S/c1-9(7-13(14,15)16)18-11(8-17-12(18)19)10-5-3-2-4-6-10/h2-6,8-9H,7H2,1H3,(H,17,19). The summed E-state index contributed by atoms with van der Waals surface area (Å²) in [6.45, 7) is 1.52. The number of nitrogens with one attached hydrogen (secondary N) is 1. The van der Waals surface area contributed by atoms with Gasteiger partial charge in [-0.3, -0.25) is 0 Å². The summed E-state index contributed by atoms with van der Waals surface area (Å²) in [4.78, 5) is 2.81. The molecule has 0 saturated carbocycles. The second-order valence-electron chi connectivity index (χ2n) is 4.38. The summed E-state index contributed by atoms with van der Waals surface area (Å²) in [6.07, 6.45) is -3.47. The van der Waals surface area contributed by atoms with Crippen molar-refractivity contribution < 1.29 is 13.2 Å². The predicted molar refractivity (Wildman–Crippen MR) is 70.4 cm³/mol. The molecule has 0 fully saturated rings. The van der Waals surface area contributed by atoms with Crippen LogP contribution in [0.5, 0.6) is 0 Å². The largest absolute Gasteiger partial charge is 0.391 e. The van der Waals surface area contributed by atoms with Gasteiger partial charge in [0.15, 0.2) is 4.77 Å². The van der Waals surface area contributed by atoms with E-state index in [-0.39, 0.29) is 0 Å². The summed E-state index contributed by atoms with van der Waals surface area (Å²) < 4.78 is 39.3. The van der Waals surface area contributed by atoms with Crippen molar-refractivity contribution in [2.75, 3.05) is 0 Å². The van der Waals surface area contributed by atoms with Crippen molar-refractivity contribution >= 4 is 12.2 Å². The monoisotopic (exact) mass is 286 g/mol. The highest BCUT2D eigenvalue weighted by molar-refractivity contribution is 7.71. The van der Waals surface area contributed by atoms with E-state index in [1.54, 1.807) is 6.20 Å². The number of rotatable bonds is 3. The van der Waals surface area contributed by atoms with E-state index in [0.717, 1.165) is 5.56 Å². The van der Waals surface area contributed by atoms with Gasteiger partial charge in [-0.2, -0.15) is 13.2 Å². The number of aromatic nitrogens is 2. The van der Waals surface area contributed by atoms with E-state index < -0.39 is 18.6 Å². The molecular weight excluding hydrogens is 273 g/mol. The third kappa shape index (κ3) is 3.26. The lowest BCUT2D eigenvalue weighted by molar-refractivity contribution is -0.141. The number of imidazole rings is 1. The average Bonchev–Trinajstić information content (AvgIpc) is 2.70. The molecule has 2 nitrogen and oxygen atoms in total. The van der Waals surface area contributed by atoms with E-state index in [4.69, 9.17) is 12.2 Å². The first-order chi connectivity index (χ1) is 8.88. The molecule has 1 N–H and O–H groups in total. The van der Waals surface area contributed by atoms with Gasteiger partial charge in [0.1, 0.15) is 0 Å². The Balaban J connectivity index is 2.41. The normalized spacial score (nSPS) is 13.5. The molecule has 19 heavy (non-hydrogen) atoms. The molecule has 0 aliphatic carbocycles. The zero-order valence-electron chi connectivity index (χ0n) is 10.2. The van der Waals surface area contributed by atoms with Gasteiger partial charge in [-0.25, -0.2) is 0 Å². The minimum atomic E-state index is -4.21. The van der Waals surface area contributed by atoms with Crippen LogP contribution in [-0.4, -0.2) is 15.7 Å². The quantitative estimate of drug-likeness (QED) is 0.809. The first-order valence-corrected chi connectivity index (χ1v) is 6.21. The Bertz CT molecular complexity index is 598. The molecule has 0 amide bonds. The maximum atomic E-state index is 12.5. The molecule has 0 radical (unpaired) electrons. The number of aromatic amines is 1. The number of hydrogen-bond donors (Lipinski definition) is 1. The Kier molecular flexibility index (Phi) is 3.80. The van der Waals surface area contributed by atoms with Gasteiger partial charge in [0.25, 0.3) is 0 Å². The van der Waals surface area contributed by atoms with E-state index in [1.165, 1.54) is 11.5 Å². The fourth-order valence-corrected chi connectivity index (χ4v) is 2.41. The van der Waals surface area contributed by atoms with Crippen LogP contribution in [0.2, 0.25) is 0 Å². The van der Waals surface area contributed by atoms with Crippen molar-refractivity contribution in [2.24, 2.45) is 0 Å². The molecule has 0 aliphatic rings. The number of alkyl halides is 3. The van der Waals surface area contributed by atoms with Gasteiger partial charge >= 0.3 is 6.18 Å². The number of halogens is 3. The lowest BCUT2D eigenvalue weighted by atomic mass is 10.1. The van der Waals surface area contributed by atoms with Gasteiger partial charge in [0.2, 0.25) is 0 Å². The summed E-state index contributed by atoms with van der Waals surface area (Å²) >= 11 is 5.08. The highest BCUT2D eigenvalue weighted by atomic mass is 32.1. The smallest absolute Gasteiger partial charge is 0.337 e. The van der Waals surface area contributed by atoms with Crippen LogP contribution in [0.25, 0.3) is 11.3 Å². The lowest BCUT2D eigenvalue weighted by Crippen LogP contribution is -2.17. The first-order valence-electron chi connectivity index (χ1n) is 5.80. The number of nitrogens with zero attached hydrogens (tertiary/aromatic N) is 1. The van der Waals surface area contributed by atoms with Crippen molar-refractivity contribution in [1.29, 1.82) is 0 Å². The van der Waals surface area contributed by atoms with Gasteiger partial charge in [-0.05, 0) is 24.7 Å². The second-order valence-corrected chi connectivity index (χ2v) is 4.77. The third-order valence-corrected chi connectivity index (χ3v) is 3.16. The number of hydrogen-bond acceptors (Lipinski definition) is 1. The molecule has 0 aliphatic heterocycles. The van der Waals surface area contributed by atoms with Crippen LogP contribution in [0.3, 0.4) is 0 Å². The zero-order chi connectivity index (χ0) is 14.0. The fourth-order valence-electron chi connectivity index (χ4n) is 2.07. The molecule has 0 bridgehead atoms. The van der Waals surface area contributed by atoms with Crippen LogP contribution >= 0.6 is 12.2 Å². The van der Waals surface area contributed by atoms with Gasteiger partial charge in [0, 0.05) is 12.2 Å². The summed E-state index contributed by atoms with van der Waals surface area (Å²) in [7, 11) is 0. The molecule has 1 unspecified atom stereocenters. The van der Waals surface area contributed by atoms with E-state index in [1.807, 2.05) is 30.3 Å². The summed E-state index contributed by atoms with van der Waals surface area (Å²) in [5.41, 5.74) is 1.51. The lowest BCUT2D eigenvalue weighted by Gasteiger charge is -2.18. The molecule has 1 aromatic heterocycles. The van der Waals surface area contributed by atoms with E-state index >= 15 is 0 Å². The van der Waals surface area contributed by atoms with Crippen LogP contribution in [-0.2, 0) is 0 Å². The van der Waals surface area contributed by atoms with E-state index in [2.05, 4.69) is 4.98 Å². The Hall–Kier alpha value is -1.56. The van der Waals surface area contributed by atoms with Gasteiger partial charge in [0.05, 0.1) is 12.1 Å². The molecule has 1 aromatic carbocycles. The molecule has 6 heteroatoms. The topological polar surface area (TPSA) is 20.7 Å². The van der Waals surface area contributed by atoms with Crippen molar-refractivity contribution in [3.8, 4) is 11.3 Å². The van der Waals surface area contributed by atoms with E-state index in [9.17, 15) is 13.2 Å². The van der Waals surface area contributed by atoms with Gasteiger partial charge in [-0.15, -0.1) is 0 Å². The van der Waals surface area contributed by atoms with Gasteiger partial charge in [-0.1, -0.05) is 30.3 Å². The predicted octanol–water partition coefficient (Wildman–Crippen LogP) is 4.73. The minimum Gasteiger partial charge on any atom is -0.337 e. The van der Waals surface area contributed by atoms with E-state index in [0.29, 0.717) is 10.5 Å². The van der Waals surface area contributed by atoms with Crippen molar-refractivity contribution in [3.05, 3.63) is 41.3 Å². The molecule has 1 atom stereocenters. The Morgan fingerprint density at radius 2 is 1.89 bits per heavy atom. The molecule has 0 saturated heterocycles. The highest BCUT2D eigenvalue weighted by Crippen LogP contribution is 2.31. The maximum Gasteiger partial charge on any atom is 0.391 e. The van der Waals surface area contributed by atoms with Crippen molar-refractivity contribution in [1.82, 2.24) is 9.55 Å². The second kappa shape index (κ2) is 5.21. The van der Waals surface area contributed by atoms with Crippen LogP contribution in [0.1, 0.15) is 19.4 Å². The zero-order valence-corrected chi connectivity index (χ0v) is 11.1. The van der Waals surface area contributed by atoms with Crippen LogP contribution < -0.4 is 0 Å². The molecule has 2 rings (SSSR count). The molecule has 0 spiro atoms. The Labute approximate surface area is 113 Å². The first kappa shape index (κ1) is 13.9. The third-order valence-electron chi connectivity index (χ3n) is 2.85.